The molecule has 0 saturated heterocycles. The van der Waals surface area contributed by atoms with E-state index in [1.165, 1.54) is 51.6 Å². The Labute approximate surface area is 299 Å². The number of ether oxygens (including phenoxy) is 6. The van der Waals surface area contributed by atoms with Gasteiger partial charge in [0.05, 0.1) is 42.7 Å². The number of hydrogen-bond acceptors (Lipinski definition) is 8. The van der Waals surface area contributed by atoms with Crippen LogP contribution in [-0.2, 0) is 25.7 Å². The summed E-state index contributed by atoms with van der Waals surface area (Å²) in [7, 11) is 15.1. The molecular weight excluding hydrogens is 731 g/mol. The summed E-state index contributed by atoms with van der Waals surface area (Å²) in [5.41, 5.74) is 12.8. The van der Waals surface area contributed by atoms with E-state index >= 15 is 0 Å². The monoisotopic (exact) mass is 775 g/mol. The van der Waals surface area contributed by atoms with Gasteiger partial charge in [-0.2, -0.15) is 0 Å². The smallest absolute Gasteiger partial charge is 0.367 e. The van der Waals surface area contributed by atoms with Crippen LogP contribution in [0.4, 0.5) is 0 Å². The molecule has 2 aliphatic heterocycles. The fourth-order valence-electron chi connectivity index (χ4n) is 8.75. The summed E-state index contributed by atoms with van der Waals surface area (Å²) < 4.78 is 39.4. The molecular formula is C40H44IN2O6+. The molecule has 2 aliphatic carbocycles. The van der Waals surface area contributed by atoms with E-state index in [-0.39, 0.29) is 12.1 Å². The zero-order valence-electron chi connectivity index (χ0n) is 29.6. The lowest BCUT2D eigenvalue weighted by molar-refractivity contribution is -0.597. The van der Waals surface area contributed by atoms with Crippen LogP contribution in [0.3, 0.4) is 0 Å². The molecule has 49 heavy (non-hydrogen) atoms. The minimum atomic E-state index is -0.914. The normalized spacial score (nSPS) is 18.9. The van der Waals surface area contributed by atoms with Crippen LogP contribution in [0.2, 0.25) is 0 Å². The second kappa shape index (κ2) is 12.6. The second-order valence-electron chi connectivity index (χ2n) is 13.3. The highest BCUT2D eigenvalue weighted by atomic mass is 127. The van der Waals surface area contributed by atoms with E-state index in [1.807, 2.05) is 26.4 Å². The number of benzene rings is 4. The van der Waals surface area contributed by atoms with Crippen molar-refractivity contribution in [2.75, 3.05) is 69.8 Å². The van der Waals surface area contributed by atoms with Crippen LogP contribution < -0.4 is 49.6 Å². The number of hydrogen-bond donors (Lipinski definition) is 0. The highest BCUT2D eigenvalue weighted by Crippen LogP contribution is 2.54. The Morgan fingerprint density at radius 1 is 0.510 bits per heavy atom. The largest absolute Gasteiger partial charge is 0.493 e. The Morgan fingerprint density at radius 3 is 1.29 bits per heavy atom. The molecule has 0 amide bonds. The van der Waals surface area contributed by atoms with Crippen LogP contribution in [0.15, 0.2) is 36.4 Å². The molecule has 4 aromatic carbocycles. The zero-order valence-corrected chi connectivity index (χ0v) is 31.7. The summed E-state index contributed by atoms with van der Waals surface area (Å²) in [5, 5.41) is 0. The van der Waals surface area contributed by atoms with Crippen LogP contribution in [0, 0.1) is 7.14 Å². The van der Waals surface area contributed by atoms with Gasteiger partial charge in [0.15, 0.2) is 34.5 Å². The summed E-state index contributed by atoms with van der Waals surface area (Å²) in [5.74, 6) is 4.90. The Balaban J connectivity index is 1.47. The van der Waals surface area contributed by atoms with Crippen LogP contribution in [0.25, 0.3) is 22.3 Å². The number of likely N-dealkylation sites (N-methyl/N-ethyl adjacent to an activating group) is 2. The van der Waals surface area contributed by atoms with E-state index in [4.69, 9.17) is 28.4 Å². The first-order valence-corrected chi connectivity index (χ1v) is 19.0. The third-order valence-electron chi connectivity index (χ3n) is 11.1. The van der Waals surface area contributed by atoms with Crippen molar-refractivity contribution in [3.8, 4) is 56.8 Å². The van der Waals surface area contributed by atoms with E-state index in [9.17, 15) is 0 Å². The van der Waals surface area contributed by atoms with E-state index in [1.54, 1.807) is 28.4 Å². The molecule has 8 rings (SSSR count). The van der Waals surface area contributed by atoms with Gasteiger partial charge < -0.3 is 28.4 Å². The van der Waals surface area contributed by atoms with Gasteiger partial charge in [-0.05, 0) is 97.4 Å². The van der Waals surface area contributed by atoms with Crippen LogP contribution in [0.1, 0.15) is 45.5 Å². The summed E-state index contributed by atoms with van der Waals surface area (Å²) in [6, 6.07) is 13.7. The standard InChI is InChI=1S/C40H44IN2O6/c1-42-15-13-23-19-29(46-5)37(35-31(23)25(42)17-21-9-11-27(44-3)39(48-7)33(21)35)41-38-30(47-6)20-24-14-16-43(2)26-18-22-10-12-28(45-4)40(49-8)34(22)36(38)32(24)26/h9-12,19-20,25-26H,13-18H2,1-8H3/q+1/t25-,26-/m0/s1. The molecule has 0 aromatic heterocycles. The topological polar surface area (TPSA) is 61.9 Å². The van der Waals surface area contributed by atoms with Crippen molar-refractivity contribution in [3.05, 3.63) is 76.9 Å². The minimum absolute atomic E-state index is 0.268. The molecule has 4 aromatic rings. The van der Waals surface area contributed by atoms with Gasteiger partial charge in [0.1, 0.15) is 0 Å². The van der Waals surface area contributed by atoms with Gasteiger partial charge >= 0.3 is 21.2 Å². The molecule has 0 radical (unpaired) electrons. The van der Waals surface area contributed by atoms with E-state index in [0.29, 0.717) is 0 Å². The first kappa shape index (κ1) is 32.5. The van der Waals surface area contributed by atoms with E-state index in [2.05, 4.69) is 48.2 Å². The average Bonchev–Trinajstić information content (AvgIpc) is 3.13. The van der Waals surface area contributed by atoms with Gasteiger partial charge in [0.25, 0.3) is 0 Å². The summed E-state index contributed by atoms with van der Waals surface area (Å²) in [4.78, 5) is 5.02. The van der Waals surface area contributed by atoms with Crippen molar-refractivity contribution in [1.29, 1.82) is 0 Å². The maximum atomic E-state index is 6.37. The Morgan fingerprint density at radius 2 is 0.918 bits per heavy atom. The fraction of sp³-hybridized carbons (Fsp3) is 0.400. The Kier molecular flexibility index (Phi) is 8.35. The number of rotatable bonds is 8. The summed E-state index contributed by atoms with van der Waals surface area (Å²) >= 11 is -0.914. The molecule has 0 saturated carbocycles. The maximum absolute atomic E-state index is 6.37. The van der Waals surface area contributed by atoms with Gasteiger partial charge in [-0.1, -0.05) is 12.1 Å². The molecule has 4 aliphatic rings. The van der Waals surface area contributed by atoms with Crippen molar-refractivity contribution < 1.29 is 49.6 Å². The van der Waals surface area contributed by atoms with Crippen molar-refractivity contribution >= 4 is 0 Å². The maximum Gasteiger partial charge on any atom is 0.367 e. The number of fused-ring (bicyclic) bond motifs is 4. The van der Waals surface area contributed by atoms with Gasteiger partial charge in [-0.15, -0.1) is 0 Å². The number of nitrogens with zero attached hydrogens (tertiary/aromatic N) is 2. The van der Waals surface area contributed by atoms with Crippen molar-refractivity contribution in [1.82, 2.24) is 9.80 Å². The Hall–Kier alpha value is -3.67. The first-order valence-electron chi connectivity index (χ1n) is 16.9. The minimum Gasteiger partial charge on any atom is -0.493 e. The zero-order chi connectivity index (χ0) is 34.1. The Bertz CT molecular complexity index is 1850. The van der Waals surface area contributed by atoms with Gasteiger partial charge in [-0.3, -0.25) is 9.80 Å². The van der Waals surface area contributed by atoms with Crippen molar-refractivity contribution in [2.24, 2.45) is 0 Å². The predicted octanol–water partition coefficient (Wildman–Crippen LogP) is 3.37. The lowest BCUT2D eigenvalue weighted by Gasteiger charge is -2.40. The average molecular weight is 776 g/mol. The van der Waals surface area contributed by atoms with Crippen LogP contribution >= 0.6 is 0 Å². The highest BCUT2D eigenvalue weighted by Gasteiger charge is 2.46. The van der Waals surface area contributed by atoms with Gasteiger partial charge in [0.2, 0.25) is 7.14 Å². The van der Waals surface area contributed by atoms with Gasteiger partial charge in [-0.25, -0.2) is 0 Å². The molecule has 0 spiro atoms. The highest BCUT2D eigenvalue weighted by molar-refractivity contribution is 5.85. The van der Waals surface area contributed by atoms with E-state index in [0.717, 1.165) is 84.4 Å². The molecule has 0 bridgehead atoms. The first-order chi connectivity index (χ1) is 23.9. The van der Waals surface area contributed by atoms with Crippen LogP contribution in [-0.4, -0.2) is 79.6 Å². The lowest BCUT2D eigenvalue weighted by Crippen LogP contribution is -3.61. The second-order valence-corrected chi connectivity index (χ2v) is 16.0. The van der Waals surface area contributed by atoms with E-state index < -0.39 is 21.2 Å². The molecule has 8 nitrogen and oxygen atoms in total. The summed E-state index contributed by atoms with van der Waals surface area (Å²) in [6.07, 6.45) is 3.78. The van der Waals surface area contributed by atoms with Crippen LogP contribution in [0.5, 0.6) is 34.5 Å². The number of halogens is 1. The quantitative estimate of drug-likeness (QED) is 0.253. The third-order valence-corrected chi connectivity index (χ3v) is 14.4. The number of methoxy groups -OCH3 is 6. The van der Waals surface area contributed by atoms with Crippen molar-refractivity contribution in [3.63, 3.8) is 0 Å². The molecule has 256 valence electrons. The molecule has 0 unspecified atom stereocenters. The summed E-state index contributed by atoms with van der Waals surface area (Å²) in [6.45, 7) is 2.01. The SMILES string of the molecule is COc1ccc2c(c1OC)-c1c([I+]c3c(OC)cc4c5c3-c3c(ccc(OC)c3OC)C[C@@H]5N(C)CC4)c(OC)cc3c1[C@H](C2)N(C)CC3. The molecule has 9 heteroatoms. The lowest BCUT2D eigenvalue weighted by atomic mass is 9.76. The predicted molar refractivity (Wildman–Crippen MR) is 186 cm³/mol. The fourth-order valence-corrected chi connectivity index (χ4v) is 12.2. The van der Waals surface area contributed by atoms with Gasteiger partial charge in [0, 0.05) is 47.4 Å². The molecule has 0 fully saturated rings. The molecule has 0 N–H and O–H groups in total. The van der Waals surface area contributed by atoms with Crippen molar-refractivity contribution in [2.45, 2.75) is 37.8 Å². The molecule has 2 heterocycles. The third kappa shape index (κ3) is 4.82. The molecule has 2 atom stereocenters.